The number of anilines is 2. The number of nitrogens with one attached hydrogen (secondary N) is 1. The number of aromatic nitrogens is 2. The summed E-state index contributed by atoms with van der Waals surface area (Å²) in [5.41, 5.74) is 6.81. The average molecular weight is 270 g/mol. The first-order valence-electron chi connectivity index (χ1n) is 6.76. The first-order chi connectivity index (χ1) is 9.71. The van der Waals surface area contributed by atoms with E-state index < -0.39 is 0 Å². The zero-order valence-corrected chi connectivity index (χ0v) is 11.2. The van der Waals surface area contributed by atoms with Crippen LogP contribution in [0.25, 0.3) is 11.4 Å². The van der Waals surface area contributed by atoms with Gasteiger partial charge < -0.3 is 16.2 Å². The summed E-state index contributed by atoms with van der Waals surface area (Å²) < 4.78 is 0. The Kier molecular flexibility index (Phi) is 3.28. The summed E-state index contributed by atoms with van der Waals surface area (Å²) in [6.07, 6.45) is 2.12. The third kappa shape index (κ3) is 2.72. The maximum atomic E-state index is 9.32. The minimum absolute atomic E-state index is 0.0343. The molecule has 104 valence electrons. The Labute approximate surface area is 117 Å². The monoisotopic (exact) mass is 270 g/mol. The number of nitrogens with zero attached hydrogens (tertiary/aromatic N) is 2. The molecule has 1 fully saturated rings. The van der Waals surface area contributed by atoms with Crippen molar-refractivity contribution in [3.8, 4) is 11.4 Å². The fourth-order valence-electron chi connectivity index (χ4n) is 2.12. The van der Waals surface area contributed by atoms with Gasteiger partial charge in [0.05, 0.1) is 6.61 Å². The molecule has 5 nitrogen and oxygen atoms in total. The Hall–Kier alpha value is -2.14. The van der Waals surface area contributed by atoms with E-state index in [4.69, 9.17) is 5.73 Å². The van der Waals surface area contributed by atoms with Crippen molar-refractivity contribution in [2.45, 2.75) is 12.8 Å². The van der Waals surface area contributed by atoms with Gasteiger partial charge in [-0.1, -0.05) is 30.3 Å². The molecule has 0 amide bonds. The molecule has 5 heteroatoms. The largest absolute Gasteiger partial charge is 0.396 e. The molecule has 1 heterocycles. The molecule has 4 N–H and O–H groups in total. The second-order valence-electron chi connectivity index (χ2n) is 5.38. The second kappa shape index (κ2) is 5.09. The molecular formula is C15H18N4O. The molecule has 0 radical (unpaired) electrons. The van der Waals surface area contributed by atoms with Crippen LogP contribution in [0.1, 0.15) is 12.8 Å². The number of nitrogens with two attached hydrogens (primary N) is 1. The molecule has 1 aliphatic carbocycles. The standard InChI is InChI=1S/C15H18N4O/c16-12-8-13(17-9-15(10-20)6-7-15)19-14(18-12)11-4-2-1-3-5-11/h1-5,8,20H,6-7,9-10H2,(H3,16,17,18,19). The van der Waals surface area contributed by atoms with Crippen molar-refractivity contribution in [2.24, 2.45) is 5.41 Å². The van der Waals surface area contributed by atoms with Crippen LogP contribution >= 0.6 is 0 Å². The van der Waals surface area contributed by atoms with Crippen LogP contribution in [0.3, 0.4) is 0 Å². The van der Waals surface area contributed by atoms with E-state index in [0.717, 1.165) is 18.4 Å². The Bertz CT molecular complexity index is 596. The normalized spacial score (nSPS) is 15.8. The van der Waals surface area contributed by atoms with E-state index >= 15 is 0 Å². The summed E-state index contributed by atoms with van der Waals surface area (Å²) in [5, 5.41) is 12.6. The zero-order valence-electron chi connectivity index (χ0n) is 11.2. The van der Waals surface area contributed by atoms with Crippen LogP contribution in [0.2, 0.25) is 0 Å². The second-order valence-corrected chi connectivity index (χ2v) is 5.38. The number of aliphatic hydroxyl groups excluding tert-OH is 1. The number of rotatable bonds is 5. The Morgan fingerprint density at radius 3 is 2.60 bits per heavy atom. The smallest absolute Gasteiger partial charge is 0.163 e. The lowest BCUT2D eigenvalue weighted by molar-refractivity contribution is 0.219. The molecule has 20 heavy (non-hydrogen) atoms. The van der Waals surface area contributed by atoms with Crippen LogP contribution in [0, 0.1) is 5.41 Å². The number of hydrogen-bond donors (Lipinski definition) is 3. The van der Waals surface area contributed by atoms with Crippen molar-refractivity contribution < 1.29 is 5.11 Å². The van der Waals surface area contributed by atoms with Gasteiger partial charge in [0.15, 0.2) is 5.82 Å². The van der Waals surface area contributed by atoms with Crippen LogP contribution in [0.4, 0.5) is 11.6 Å². The molecule has 0 aliphatic heterocycles. The van der Waals surface area contributed by atoms with E-state index in [0.29, 0.717) is 24.0 Å². The fraction of sp³-hybridized carbons (Fsp3) is 0.333. The highest BCUT2D eigenvalue weighted by atomic mass is 16.3. The molecule has 2 aromatic rings. The van der Waals surface area contributed by atoms with E-state index in [2.05, 4.69) is 15.3 Å². The molecule has 1 aromatic heterocycles. The SMILES string of the molecule is Nc1cc(NCC2(CO)CC2)nc(-c2ccccc2)n1. The lowest BCUT2D eigenvalue weighted by Gasteiger charge is -2.14. The Morgan fingerprint density at radius 2 is 1.95 bits per heavy atom. The Balaban J connectivity index is 1.80. The maximum absolute atomic E-state index is 9.32. The third-order valence-electron chi connectivity index (χ3n) is 3.71. The Morgan fingerprint density at radius 1 is 1.20 bits per heavy atom. The van der Waals surface area contributed by atoms with Gasteiger partial charge in [-0.25, -0.2) is 9.97 Å². The van der Waals surface area contributed by atoms with Gasteiger partial charge in [0.25, 0.3) is 0 Å². The molecule has 3 rings (SSSR count). The van der Waals surface area contributed by atoms with Crippen molar-refractivity contribution in [2.75, 3.05) is 24.2 Å². The highest BCUT2D eigenvalue weighted by Gasteiger charge is 2.41. The minimum Gasteiger partial charge on any atom is -0.396 e. The van der Waals surface area contributed by atoms with Crippen molar-refractivity contribution >= 4 is 11.6 Å². The first kappa shape index (κ1) is 12.9. The van der Waals surface area contributed by atoms with Gasteiger partial charge in [-0.15, -0.1) is 0 Å². The van der Waals surface area contributed by atoms with Crippen LogP contribution in [0.15, 0.2) is 36.4 Å². The van der Waals surface area contributed by atoms with E-state index in [1.54, 1.807) is 6.07 Å². The third-order valence-corrected chi connectivity index (χ3v) is 3.71. The van der Waals surface area contributed by atoms with E-state index in [1.807, 2.05) is 30.3 Å². The highest BCUT2D eigenvalue weighted by Crippen LogP contribution is 2.44. The van der Waals surface area contributed by atoms with Crippen LogP contribution < -0.4 is 11.1 Å². The summed E-state index contributed by atoms with van der Waals surface area (Å²) in [6, 6.07) is 11.5. The van der Waals surface area contributed by atoms with Gasteiger partial charge in [-0.05, 0) is 12.8 Å². The van der Waals surface area contributed by atoms with Gasteiger partial charge in [-0.2, -0.15) is 0 Å². The maximum Gasteiger partial charge on any atom is 0.163 e. The molecule has 1 aliphatic rings. The van der Waals surface area contributed by atoms with Gasteiger partial charge >= 0.3 is 0 Å². The number of aliphatic hydroxyl groups is 1. The molecule has 1 aromatic carbocycles. The molecule has 0 unspecified atom stereocenters. The lowest BCUT2D eigenvalue weighted by atomic mass is 10.1. The topological polar surface area (TPSA) is 84.1 Å². The van der Waals surface area contributed by atoms with Crippen molar-refractivity contribution in [3.63, 3.8) is 0 Å². The first-order valence-corrected chi connectivity index (χ1v) is 6.76. The quantitative estimate of drug-likeness (QED) is 0.773. The molecule has 1 saturated carbocycles. The summed E-state index contributed by atoms with van der Waals surface area (Å²) in [7, 11) is 0. The van der Waals surface area contributed by atoms with Crippen LogP contribution in [0.5, 0.6) is 0 Å². The number of nitrogen functional groups attached to an aromatic ring is 1. The highest BCUT2D eigenvalue weighted by molar-refractivity contribution is 5.60. The van der Waals surface area contributed by atoms with E-state index in [9.17, 15) is 5.11 Å². The fourth-order valence-corrected chi connectivity index (χ4v) is 2.12. The predicted octanol–water partition coefficient (Wildman–Crippen LogP) is 1.91. The van der Waals surface area contributed by atoms with Crippen molar-refractivity contribution in [1.82, 2.24) is 9.97 Å². The van der Waals surface area contributed by atoms with Gasteiger partial charge in [0.2, 0.25) is 0 Å². The summed E-state index contributed by atoms with van der Waals surface area (Å²) in [4.78, 5) is 8.75. The summed E-state index contributed by atoms with van der Waals surface area (Å²) in [6.45, 7) is 0.931. The summed E-state index contributed by atoms with van der Waals surface area (Å²) >= 11 is 0. The zero-order chi connectivity index (χ0) is 14.0. The van der Waals surface area contributed by atoms with Gasteiger partial charge in [0.1, 0.15) is 11.6 Å². The predicted molar refractivity (Wildman–Crippen MR) is 79.1 cm³/mol. The van der Waals surface area contributed by atoms with Crippen LogP contribution in [-0.2, 0) is 0 Å². The number of hydrogen-bond acceptors (Lipinski definition) is 5. The summed E-state index contributed by atoms with van der Waals surface area (Å²) in [5.74, 6) is 1.76. The molecule has 0 atom stereocenters. The molecule has 0 spiro atoms. The lowest BCUT2D eigenvalue weighted by Crippen LogP contribution is -2.19. The average Bonchev–Trinajstić information content (AvgIpc) is 3.26. The van der Waals surface area contributed by atoms with E-state index in [1.165, 1.54) is 0 Å². The van der Waals surface area contributed by atoms with Crippen molar-refractivity contribution in [3.05, 3.63) is 36.4 Å². The van der Waals surface area contributed by atoms with Gasteiger partial charge in [0, 0.05) is 23.6 Å². The molecule has 0 saturated heterocycles. The molecular weight excluding hydrogens is 252 g/mol. The van der Waals surface area contributed by atoms with Gasteiger partial charge in [-0.3, -0.25) is 0 Å². The molecule has 0 bridgehead atoms. The van der Waals surface area contributed by atoms with Crippen LogP contribution in [-0.4, -0.2) is 28.2 Å². The van der Waals surface area contributed by atoms with E-state index in [-0.39, 0.29) is 12.0 Å². The van der Waals surface area contributed by atoms with Crippen molar-refractivity contribution in [1.29, 1.82) is 0 Å². The number of benzene rings is 1. The minimum atomic E-state index is 0.0343.